The van der Waals surface area contributed by atoms with Gasteiger partial charge in [-0.3, -0.25) is 9.36 Å². The van der Waals surface area contributed by atoms with Crippen LogP contribution in [-0.4, -0.2) is 28.6 Å². The number of hydrogen-bond acceptors (Lipinski definition) is 4. The summed E-state index contributed by atoms with van der Waals surface area (Å²) in [4.78, 5) is 23.8. The van der Waals surface area contributed by atoms with Crippen molar-refractivity contribution in [3.63, 3.8) is 0 Å². The van der Waals surface area contributed by atoms with Gasteiger partial charge in [-0.05, 0) is 12.8 Å². The van der Waals surface area contributed by atoms with E-state index in [1.54, 1.807) is 10.8 Å². The molecular formula is C13H20N2O4. The van der Waals surface area contributed by atoms with Crippen molar-refractivity contribution in [2.24, 2.45) is 0 Å². The van der Waals surface area contributed by atoms with Gasteiger partial charge in [0.2, 0.25) is 0 Å². The molecule has 0 radical (unpaired) electrons. The van der Waals surface area contributed by atoms with Crippen molar-refractivity contribution >= 4 is 0 Å². The van der Waals surface area contributed by atoms with Gasteiger partial charge in [-0.25, -0.2) is 4.79 Å². The Labute approximate surface area is 111 Å². The van der Waals surface area contributed by atoms with Gasteiger partial charge in [0, 0.05) is 31.8 Å². The van der Waals surface area contributed by atoms with Crippen LogP contribution in [-0.2, 0) is 22.6 Å². The number of rotatable bonds is 5. The van der Waals surface area contributed by atoms with Crippen molar-refractivity contribution in [3.8, 4) is 0 Å². The molecule has 1 saturated heterocycles. The highest BCUT2D eigenvalue weighted by molar-refractivity contribution is 4.86. The van der Waals surface area contributed by atoms with E-state index in [1.165, 1.54) is 10.6 Å². The molecule has 19 heavy (non-hydrogen) atoms. The second-order valence-electron chi connectivity index (χ2n) is 4.59. The van der Waals surface area contributed by atoms with Crippen LogP contribution in [0, 0.1) is 0 Å². The lowest BCUT2D eigenvalue weighted by molar-refractivity contribution is -0.182. The van der Waals surface area contributed by atoms with E-state index in [9.17, 15) is 9.59 Å². The zero-order valence-electron chi connectivity index (χ0n) is 11.2. The molecule has 0 saturated carbocycles. The Morgan fingerprint density at radius 1 is 1.26 bits per heavy atom. The van der Waals surface area contributed by atoms with Crippen molar-refractivity contribution in [3.05, 3.63) is 33.1 Å². The first-order valence-electron chi connectivity index (χ1n) is 6.76. The van der Waals surface area contributed by atoms with E-state index in [0.29, 0.717) is 32.7 Å². The summed E-state index contributed by atoms with van der Waals surface area (Å²) in [6.45, 7) is 4.29. The first kappa shape index (κ1) is 14.0. The molecule has 0 aromatic carbocycles. The highest BCUT2D eigenvalue weighted by Gasteiger charge is 2.15. The highest BCUT2D eigenvalue weighted by Crippen LogP contribution is 2.08. The molecule has 0 atom stereocenters. The molecular weight excluding hydrogens is 248 g/mol. The Hall–Kier alpha value is -1.40. The van der Waals surface area contributed by atoms with E-state index in [1.807, 2.05) is 6.92 Å². The monoisotopic (exact) mass is 268 g/mol. The molecule has 0 amide bonds. The number of aryl methyl sites for hydroxylation is 1. The summed E-state index contributed by atoms with van der Waals surface area (Å²) in [5, 5.41) is 0. The van der Waals surface area contributed by atoms with Gasteiger partial charge in [0.05, 0.1) is 13.2 Å². The maximum absolute atomic E-state index is 12.1. The van der Waals surface area contributed by atoms with Crippen LogP contribution in [0.2, 0.25) is 0 Å². The molecule has 0 spiro atoms. The van der Waals surface area contributed by atoms with Crippen LogP contribution in [0.15, 0.2) is 21.9 Å². The summed E-state index contributed by atoms with van der Waals surface area (Å²) >= 11 is 0. The third-order valence-corrected chi connectivity index (χ3v) is 3.09. The van der Waals surface area contributed by atoms with Crippen LogP contribution in [0.1, 0.15) is 26.2 Å². The zero-order chi connectivity index (χ0) is 13.7. The normalized spacial score (nSPS) is 16.7. The number of aromatic nitrogens is 2. The van der Waals surface area contributed by atoms with Gasteiger partial charge in [0.15, 0.2) is 6.29 Å². The van der Waals surface area contributed by atoms with Gasteiger partial charge < -0.3 is 14.0 Å². The van der Waals surface area contributed by atoms with Crippen molar-refractivity contribution in [1.82, 2.24) is 9.13 Å². The average molecular weight is 268 g/mol. The standard InChI is InChI=1S/C13H20N2O4/c1-2-6-14-7-4-11(16)15(13(14)17)8-5-12-18-9-3-10-19-12/h4,7,12H,2-3,5-6,8-10H2,1H3. The second kappa shape index (κ2) is 6.68. The Balaban J connectivity index is 2.08. The molecule has 1 aromatic heterocycles. The van der Waals surface area contributed by atoms with E-state index in [0.717, 1.165) is 12.8 Å². The molecule has 0 bridgehead atoms. The molecule has 1 fully saturated rings. The molecule has 2 rings (SSSR count). The third kappa shape index (κ3) is 3.54. The largest absolute Gasteiger partial charge is 0.353 e. The summed E-state index contributed by atoms with van der Waals surface area (Å²) in [5.74, 6) is 0. The summed E-state index contributed by atoms with van der Waals surface area (Å²) < 4.78 is 13.6. The summed E-state index contributed by atoms with van der Waals surface area (Å²) in [5.41, 5.74) is -0.529. The number of nitrogens with zero attached hydrogens (tertiary/aromatic N) is 2. The minimum absolute atomic E-state index is 0.259. The van der Waals surface area contributed by atoms with Gasteiger partial charge in [-0.15, -0.1) is 0 Å². The highest BCUT2D eigenvalue weighted by atomic mass is 16.7. The molecule has 6 heteroatoms. The quantitative estimate of drug-likeness (QED) is 0.783. The lowest BCUT2D eigenvalue weighted by Gasteiger charge is -2.23. The first-order valence-corrected chi connectivity index (χ1v) is 6.76. The third-order valence-electron chi connectivity index (χ3n) is 3.09. The van der Waals surface area contributed by atoms with E-state index >= 15 is 0 Å². The Morgan fingerprint density at radius 3 is 2.68 bits per heavy atom. The van der Waals surface area contributed by atoms with Crippen LogP contribution in [0.4, 0.5) is 0 Å². The lowest BCUT2D eigenvalue weighted by atomic mass is 10.3. The lowest BCUT2D eigenvalue weighted by Crippen LogP contribution is -2.40. The van der Waals surface area contributed by atoms with Crippen LogP contribution in [0.5, 0.6) is 0 Å². The van der Waals surface area contributed by atoms with Gasteiger partial charge in [0.25, 0.3) is 5.56 Å². The topological polar surface area (TPSA) is 62.5 Å². The fourth-order valence-electron chi connectivity index (χ4n) is 2.11. The van der Waals surface area contributed by atoms with Crippen molar-refractivity contribution < 1.29 is 9.47 Å². The Morgan fingerprint density at radius 2 is 2.00 bits per heavy atom. The summed E-state index contributed by atoms with van der Waals surface area (Å²) in [6, 6.07) is 1.43. The summed E-state index contributed by atoms with van der Waals surface area (Å²) in [6.07, 6.45) is 3.52. The van der Waals surface area contributed by atoms with Crippen molar-refractivity contribution in [2.45, 2.75) is 45.6 Å². The zero-order valence-corrected chi connectivity index (χ0v) is 11.2. The molecule has 1 aromatic rings. The first-order chi connectivity index (χ1) is 9.22. The molecule has 106 valence electrons. The second-order valence-corrected chi connectivity index (χ2v) is 4.59. The van der Waals surface area contributed by atoms with E-state index < -0.39 is 0 Å². The van der Waals surface area contributed by atoms with Crippen LogP contribution < -0.4 is 11.2 Å². The maximum Gasteiger partial charge on any atom is 0.330 e. The molecule has 2 heterocycles. The fourth-order valence-corrected chi connectivity index (χ4v) is 2.11. The van der Waals surface area contributed by atoms with Crippen molar-refractivity contribution in [1.29, 1.82) is 0 Å². The average Bonchev–Trinajstić information content (AvgIpc) is 2.43. The molecule has 1 aliphatic heterocycles. The van der Waals surface area contributed by atoms with Gasteiger partial charge >= 0.3 is 5.69 Å². The minimum Gasteiger partial charge on any atom is -0.353 e. The Bertz CT molecular complexity index is 514. The van der Waals surface area contributed by atoms with Gasteiger partial charge in [-0.1, -0.05) is 6.92 Å². The minimum atomic E-state index is -0.306. The van der Waals surface area contributed by atoms with E-state index in [-0.39, 0.29) is 17.5 Å². The number of hydrogen-bond donors (Lipinski definition) is 0. The molecule has 1 aliphatic rings. The van der Waals surface area contributed by atoms with Gasteiger partial charge in [0.1, 0.15) is 0 Å². The molecule has 0 aliphatic carbocycles. The Kier molecular flexibility index (Phi) is 4.93. The van der Waals surface area contributed by atoms with Crippen LogP contribution in [0.25, 0.3) is 0 Å². The predicted molar refractivity (Wildman–Crippen MR) is 70.2 cm³/mol. The predicted octanol–water partition coefficient (Wildman–Crippen LogP) is 0.573. The number of ether oxygens (including phenoxy) is 2. The summed E-state index contributed by atoms with van der Waals surface area (Å²) in [7, 11) is 0. The van der Waals surface area contributed by atoms with Crippen molar-refractivity contribution in [2.75, 3.05) is 13.2 Å². The van der Waals surface area contributed by atoms with Crippen LogP contribution >= 0.6 is 0 Å². The molecule has 0 N–H and O–H groups in total. The maximum atomic E-state index is 12.1. The molecule has 6 nitrogen and oxygen atoms in total. The molecule has 0 unspecified atom stereocenters. The van der Waals surface area contributed by atoms with Gasteiger partial charge in [-0.2, -0.15) is 0 Å². The van der Waals surface area contributed by atoms with E-state index in [4.69, 9.17) is 9.47 Å². The van der Waals surface area contributed by atoms with Crippen LogP contribution in [0.3, 0.4) is 0 Å². The van der Waals surface area contributed by atoms with E-state index in [2.05, 4.69) is 0 Å². The SMILES string of the molecule is CCCn1ccc(=O)n(CCC2OCCCO2)c1=O. The fraction of sp³-hybridized carbons (Fsp3) is 0.692. The smallest absolute Gasteiger partial charge is 0.330 e.